The van der Waals surface area contributed by atoms with Crippen molar-refractivity contribution in [1.29, 1.82) is 5.26 Å². The second-order valence-corrected chi connectivity index (χ2v) is 7.73. The van der Waals surface area contributed by atoms with Crippen LogP contribution in [-0.2, 0) is 14.8 Å². The van der Waals surface area contributed by atoms with Crippen molar-refractivity contribution in [1.82, 2.24) is 10.3 Å². The van der Waals surface area contributed by atoms with Gasteiger partial charge in [-0.1, -0.05) is 23.7 Å². The van der Waals surface area contributed by atoms with Gasteiger partial charge in [0.2, 0.25) is 0 Å². The molecule has 2 aromatic rings. The minimum atomic E-state index is -3.89. The van der Waals surface area contributed by atoms with Gasteiger partial charge in [0, 0.05) is 0 Å². The van der Waals surface area contributed by atoms with Gasteiger partial charge in [-0.15, -0.1) is 16.2 Å². The average Bonchev–Trinajstić information content (AvgIpc) is 2.98. The number of hydrogen-bond donors (Lipinski definition) is 2. The molecule has 0 saturated heterocycles. The highest BCUT2D eigenvalue weighted by Gasteiger charge is 2.17. The first-order valence-corrected chi connectivity index (χ1v) is 8.78. The molecule has 0 fully saturated rings. The van der Waals surface area contributed by atoms with Gasteiger partial charge in [0.25, 0.3) is 15.9 Å². The molecule has 0 unspecified atom stereocenters. The maximum absolute atomic E-state index is 11.9. The fourth-order valence-corrected chi connectivity index (χ4v) is 3.82. The number of hydrazine groups is 1. The van der Waals surface area contributed by atoms with Crippen LogP contribution in [0.1, 0.15) is 5.56 Å². The second kappa shape index (κ2) is 7.43. The van der Waals surface area contributed by atoms with Crippen LogP contribution in [0.25, 0.3) is 0 Å². The number of carbonyl (C=O) groups is 1. The summed E-state index contributed by atoms with van der Waals surface area (Å²) in [5.41, 5.74) is 2.29. The summed E-state index contributed by atoms with van der Waals surface area (Å²) in [4.78, 5) is 13.6. The molecule has 2 rings (SSSR count). The van der Waals surface area contributed by atoms with Crippen LogP contribution in [0.4, 0.5) is 0 Å². The van der Waals surface area contributed by atoms with Crippen LogP contribution in [0.15, 0.2) is 40.6 Å². The zero-order chi connectivity index (χ0) is 16.9. The van der Waals surface area contributed by atoms with E-state index >= 15 is 0 Å². The molecule has 0 saturated carbocycles. The van der Waals surface area contributed by atoms with E-state index in [9.17, 15) is 13.2 Å². The highest BCUT2D eigenvalue weighted by Crippen LogP contribution is 2.24. The lowest BCUT2D eigenvalue weighted by atomic mass is 10.2. The van der Waals surface area contributed by atoms with Gasteiger partial charge in [0.05, 0.1) is 9.90 Å². The first kappa shape index (κ1) is 17.2. The Morgan fingerprint density at radius 1 is 1.30 bits per heavy atom. The summed E-state index contributed by atoms with van der Waals surface area (Å²) in [5, 5.41) is 8.89. The molecule has 120 valence electrons. The number of sulfonamides is 1. The summed E-state index contributed by atoms with van der Waals surface area (Å²) in [6, 6.07) is 11.1. The van der Waals surface area contributed by atoms with Crippen molar-refractivity contribution in [2.24, 2.45) is 0 Å². The maximum Gasteiger partial charge on any atom is 0.272 e. The standard InChI is InChI=1S/C13H10ClN3O4S2/c14-11-5-6-13(22-11)23(19,20)17-16-12(18)8-21-10-4-2-1-3-9(10)7-15/h1-6,17H,8H2,(H,16,18). The van der Waals surface area contributed by atoms with Crippen LogP contribution < -0.4 is 15.0 Å². The second-order valence-electron chi connectivity index (χ2n) is 4.11. The van der Waals surface area contributed by atoms with Crippen LogP contribution in [-0.4, -0.2) is 20.9 Å². The molecule has 7 nitrogen and oxygen atoms in total. The van der Waals surface area contributed by atoms with Gasteiger partial charge in [-0.05, 0) is 24.3 Å². The highest BCUT2D eigenvalue weighted by atomic mass is 35.5. The Hall–Kier alpha value is -2.12. The number of carbonyl (C=O) groups excluding carboxylic acids is 1. The monoisotopic (exact) mass is 371 g/mol. The molecule has 0 atom stereocenters. The van der Waals surface area contributed by atoms with E-state index in [2.05, 4.69) is 0 Å². The molecule has 10 heteroatoms. The van der Waals surface area contributed by atoms with E-state index in [0.29, 0.717) is 4.34 Å². The average molecular weight is 372 g/mol. The van der Waals surface area contributed by atoms with Gasteiger partial charge in [-0.2, -0.15) is 5.26 Å². The van der Waals surface area contributed by atoms with E-state index in [0.717, 1.165) is 11.3 Å². The fourth-order valence-electron chi connectivity index (χ4n) is 1.48. The van der Waals surface area contributed by atoms with Crippen molar-refractivity contribution >= 4 is 38.9 Å². The first-order valence-electron chi connectivity index (χ1n) is 6.10. The van der Waals surface area contributed by atoms with Crippen LogP contribution in [0, 0.1) is 11.3 Å². The fraction of sp³-hybridized carbons (Fsp3) is 0.0769. The third-order valence-electron chi connectivity index (χ3n) is 2.50. The zero-order valence-electron chi connectivity index (χ0n) is 11.4. The number of amides is 1. The Bertz CT molecular complexity index is 858. The zero-order valence-corrected chi connectivity index (χ0v) is 13.8. The predicted octanol–water partition coefficient (Wildman–Crippen LogP) is 1.66. The van der Waals surface area contributed by atoms with Crippen molar-refractivity contribution in [2.75, 3.05) is 6.61 Å². The molecule has 1 heterocycles. The maximum atomic E-state index is 11.9. The normalized spacial score (nSPS) is 10.8. The summed E-state index contributed by atoms with van der Waals surface area (Å²) in [7, 11) is -3.89. The summed E-state index contributed by atoms with van der Waals surface area (Å²) < 4.78 is 29.2. The molecule has 2 N–H and O–H groups in total. The topological polar surface area (TPSA) is 108 Å². The van der Waals surface area contributed by atoms with Crippen molar-refractivity contribution in [3.05, 3.63) is 46.3 Å². The van der Waals surface area contributed by atoms with Gasteiger partial charge in [0.15, 0.2) is 6.61 Å². The third kappa shape index (κ3) is 4.67. The van der Waals surface area contributed by atoms with E-state index in [1.165, 1.54) is 24.3 Å². The molecule has 0 aliphatic carbocycles. The highest BCUT2D eigenvalue weighted by molar-refractivity contribution is 7.91. The van der Waals surface area contributed by atoms with Gasteiger partial charge in [-0.25, -0.2) is 8.42 Å². The van der Waals surface area contributed by atoms with E-state index < -0.39 is 22.5 Å². The minimum Gasteiger partial charge on any atom is -0.482 e. The number of para-hydroxylation sites is 1. The smallest absolute Gasteiger partial charge is 0.272 e. The van der Waals surface area contributed by atoms with E-state index in [4.69, 9.17) is 21.6 Å². The van der Waals surface area contributed by atoms with E-state index in [1.54, 1.807) is 12.1 Å². The van der Waals surface area contributed by atoms with Crippen LogP contribution >= 0.6 is 22.9 Å². The van der Waals surface area contributed by atoms with Gasteiger partial charge in [0.1, 0.15) is 16.0 Å². The molecule has 23 heavy (non-hydrogen) atoms. The van der Waals surface area contributed by atoms with Crippen LogP contribution in [0.2, 0.25) is 4.34 Å². The number of benzene rings is 1. The van der Waals surface area contributed by atoms with Gasteiger partial charge >= 0.3 is 0 Å². The number of nitrogens with zero attached hydrogens (tertiary/aromatic N) is 1. The Labute approximate surface area is 141 Å². The van der Waals surface area contributed by atoms with Crippen molar-refractivity contribution in [3.63, 3.8) is 0 Å². The number of nitriles is 1. The summed E-state index contributed by atoms with van der Waals surface area (Å²) >= 11 is 6.53. The Morgan fingerprint density at radius 2 is 2.04 bits per heavy atom. The molecule has 0 bridgehead atoms. The molecular weight excluding hydrogens is 362 g/mol. The molecule has 0 aliphatic rings. The number of ether oxygens (including phenoxy) is 1. The molecule has 1 amide bonds. The minimum absolute atomic E-state index is 0.0291. The van der Waals surface area contributed by atoms with Crippen molar-refractivity contribution < 1.29 is 17.9 Å². The van der Waals surface area contributed by atoms with Crippen molar-refractivity contribution in [2.45, 2.75) is 4.21 Å². The molecule has 0 radical (unpaired) electrons. The summed E-state index contributed by atoms with van der Waals surface area (Å²) in [5.74, 6) is -0.484. The van der Waals surface area contributed by atoms with Crippen LogP contribution in [0.3, 0.4) is 0 Å². The SMILES string of the molecule is N#Cc1ccccc1OCC(=O)NNS(=O)(=O)c1ccc(Cl)s1. The van der Waals surface area contributed by atoms with Crippen molar-refractivity contribution in [3.8, 4) is 11.8 Å². The third-order valence-corrected chi connectivity index (χ3v) is 5.48. The lowest BCUT2D eigenvalue weighted by Crippen LogP contribution is -2.43. The summed E-state index contributed by atoms with van der Waals surface area (Å²) in [6.45, 7) is -0.452. The van der Waals surface area contributed by atoms with E-state index in [-0.39, 0.29) is 15.5 Å². The first-order chi connectivity index (χ1) is 10.9. The Balaban J connectivity index is 1.89. The molecule has 0 aliphatic heterocycles. The number of thiophene rings is 1. The molecule has 1 aromatic heterocycles. The quantitative estimate of drug-likeness (QED) is 0.751. The summed E-state index contributed by atoms with van der Waals surface area (Å²) in [6.07, 6.45) is 0. The Kier molecular flexibility index (Phi) is 5.57. The lowest BCUT2D eigenvalue weighted by Gasteiger charge is -2.09. The number of hydrogen-bond acceptors (Lipinski definition) is 6. The number of halogens is 1. The van der Waals surface area contributed by atoms with E-state index in [1.807, 2.05) is 16.3 Å². The number of rotatable bonds is 6. The van der Waals surface area contributed by atoms with Gasteiger partial charge < -0.3 is 4.74 Å². The Morgan fingerprint density at radius 3 is 2.70 bits per heavy atom. The molecule has 0 spiro atoms. The van der Waals surface area contributed by atoms with Gasteiger partial charge in [-0.3, -0.25) is 10.2 Å². The lowest BCUT2D eigenvalue weighted by molar-refractivity contribution is -0.123. The molecular formula is C13H10ClN3O4S2. The predicted molar refractivity (Wildman–Crippen MR) is 84.4 cm³/mol. The molecule has 1 aromatic carbocycles. The largest absolute Gasteiger partial charge is 0.482 e. The number of nitrogens with one attached hydrogen (secondary N) is 2. The van der Waals surface area contributed by atoms with Crippen LogP contribution in [0.5, 0.6) is 5.75 Å².